The summed E-state index contributed by atoms with van der Waals surface area (Å²) >= 11 is 0. The zero-order chi connectivity index (χ0) is 29.1. The van der Waals surface area contributed by atoms with Gasteiger partial charge >= 0.3 is 0 Å². The van der Waals surface area contributed by atoms with Crippen molar-refractivity contribution in [3.8, 4) is 11.1 Å². The van der Waals surface area contributed by atoms with Gasteiger partial charge in [0.05, 0.1) is 12.0 Å². The summed E-state index contributed by atoms with van der Waals surface area (Å²) < 4.78 is 0. The molecular weight excluding hydrogens is 524 g/mol. The average Bonchev–Trinajstić information content (AvgIpc) is 3.45. The predicted octanol–water partition coefficient (Wildman–Crippen LogP) is 5.30. The molecule has 1 amide bonds. The first-order valence-electron chi connectivity index (χ1n) is 14.3. The molecule has 6 rings (SSSR count). The van der Waals surface area contributed by atoms with Crippen molar-refractivity contribution in [1.82, 2.24) is 19.9 Å². The van der Waals surface area contributed by atoms with Gasteiger partial charge in [-0.15, -0.1) is 0 Å². The summed E-state index contributed by atoms with van der Waals surface area (Å²) in [6.07, 6.45) is 7.36. The molecule has 212 valence electrons. The summed E-state index contributed by atoms with van der Waals surface area (Å²) in [5.41, 5.74) is 12.2. The van der Waals surface area contributed by atoms with E-state index in [1.165, 1.54) is 0 Å². The Bertz CT molecular complexity index is 1710. The van der Waals surface area contributed by atoms with E-state index in [0.717, 1.165) is 46.0 Å². The lowest BCUT2D eigenvalue weighted by Gasteiger charge is -2.36. The maximum Gasteiger partial charge on any atom is 0.227 e. The quantitative estimate of drug-likeness (QED) is 0.198. The van der Waals surface area contributed by atoms with Gasteiger partial charge in [-0.1, -0.05) is 54.6 Å². The van der Waals surface area contributed by atoms with Crippen LogP contribution in [0.15, 0.2) is 91.4 Å². The second-order valence-corrected chi connectivity index (χ2v) is 10.9. The topological polar surface area (TPSA) is 108 Å². The molecule has 0 bridgehead atoms. The number of hydrogen-bond donors (Lipinski definition) is 2. The monoisotopic (exact) mass is 558 g/mol. The molecule has 8 nitrogen and oxygen atoms in total. The predicted molar refractivity (Wildman–Crippen MR) is 166 cm³/mol. The second kappa shape index (κ2) is 11.9. The number of Topliss-reactive ketones (excluding diaryl/α,β-unsaturated/α-hetero) is 1. The molecule has 5 aromatic rings. The van der Waals surface area contributed by atoms with Gasteiger partial charge in [0.1, 0.15) is 0 Å². The molecule has 3 N–H and O–H groups in total. The third-order valence-electron chi connectivity index (χ3n) is 8.26. The lowest BCUT2D eigenvalue weighted by atomic mass is 9.98. The molecule has 1 fully saturated rings. The number of aromatic nitrogens is 3. The maximum atomic E-state index is 13.1. The van der Waals surface area contributed by atoms with Gasteiger partial charge in [-0.05, 0) is 53.3 Å². The highest BCUT2D eigenvalue weighted by atomic mass is 16.2. The Hall–Kier alpha value is -4.98. The summed E-state index contributed by atoms with van der Waals surface area (Å²) in [7, 11) is 1.97. The SMILES string of the molecule is CN(c1ncc(C(=O)Cc2cc(-c3ccccc3)ccc2N)cn1)C1CCN(C(=O)Cc2c[nH]c3ccccc23)CC1. The van der Waals surface area contributed by atoms with Gasteiger partial charge in [0.25, 0.3) is 0 Å². The number of ketones is 1. The molecule has 0 spiro atoms. The van der Waals surface area contributed by atoms with E-state index in [0.29, 0.717) is 36.7 Å². The highest BCUT2D eigenvalue weighted by Gasteiger charge is 2.27. The molecule has 2 aromatic heterocycles. The number of likely N-dealkylation sites (tertiary alicyclic amines) is 1. The van der Waals surface area contributed by atoms with Crippen LogP contribution in [0.1, 0.15) is 34.3 Å². The van der Waals surface area contributed by atoms with Crippen LogP contribution >= 0.6 is 0 Å². The number of rotatable bonds is 8. The first-order valence-corrected chi connectivity index (χ1v) is 14.3. The summed E-state index contributed by atoms with van der Waals surface area (Å²) in [4.78, 5) is 42.4. The molecular formula is C34H34N6O2. The molecule has 0 saturated carbocycles. The standard InChI is InChI=1S/C34H34N6O2/c1-39(28-13-15-40(16-14-28)33(42)19-26-20-36-31-10-6-5-9-29(26)31)34-37-21-27(22-38-34)32(41)18-25-17-24(11-12-30(25)35)23-7-3-2-4-8-23/h2-12,17,20-22,28,36H,13-16,18-19,35H2,1H3. The minimum atomic E-state index is -0.0804. The Labute approximate surface area is 245 Å². The van der Waals surface area contributed by atoms with E-state index in [9.17, 15) is 9.59 Å². The molecule has 3 aromatic carbocycles. The van der Waals surface area contributed by atoms with Crippen molar-refractivity contribution < 1.29 is 9.59 Å². The van der Waals surface area contributed by atoms with E-state index < -0.39 is 0 Å². The van der Waals surface area contributed by atoms with Crippen molar-refractivity contribution in [2.45, 2.75) is 31.7 Å². The summed E-state index contributed by atoms with van der Waals surface area (Å²) in [5.74, 6) is 0.638. The largest absolute Gasteiger partial charge is 0.398 e. The van der Waals surface area contributed by atoms with Crippen molar-refractivity contribution >= 4 is 34.2 Å². The van der Waals surface area contributed by atoms with Crippen LogP contribution in [0.3, 0.4) is 0 Å². The van der Waals surface area contributed by atoms with Crippen molar-refractivity contribution in [3.63, 3.8) is 0 Å². The first-order chi connectivity index (χ1) is 20.5. The van der Waals surface area contributed by atoms with Gasteiger partial charge in [-0.3, -0.25) is 9.59 Å². The molecule has 0 atom stereocenters. The third kappa shape index (κ3) is 5.74. The van der Waals surface area contributed by atoms with Crippen LogP contribution in [0, 0.1) is 0 Å². The van der Waals surface area contributed by atoms with Gasteiger partial charge in [0.2, 0.25) is 11.9 Å². The Morgan fingerprint density at radius 3 is 2.38 bits per heavy atom. The van der Waals surface area contributed by atoms with E-state index in [-0.39, 0.29) is 24.2 Å². The normalized spacial score (nSPS) is 13.8. The lowest BCUT2D eigenvalue weighted by Crippen LogP contribution is -2.46. The minimum absolute atomic E-state index is 0.0804. The van der Waals surface area contributed by atoms with Crippen LogP contribution in [0.25, 0.3) is 22.0 Å². The van der Waals surface area contributed by atoms with Gasteiger partial charge in [0, 0.05) is 67.8 Å². The Balaban J connectivity index is 1.04. The number of H-pyrrole nitrogens is 1. The lowest BCUT2D eigenvalue weighted by molar-refractivity contribution is -0.131. The molecule has 0 radical (unpaired) electrons. The molecule has 1 saturated heterocycles. The van der Waals surface area contributed by atoms with E-state index >= 15 is 0 Å². The molecule has 8 heteroatoms. The number of nitrogens with one attached hydrogen (secondary N) is 1. The van der Waals surface area contributed by atoms with E-state index in [4.69, 9.17) is 5.73 Å². The molecule has 0 aliphatic carbocycles. The van der Waals surface area contributed by atoms with E-state index in [2.05, 4.69) is 19.9 Å². The van der Waals surface area contributed by atoms with Gasteiger partial charge < -0.3 is 20.5 Å². The minimum Gasteiger partial charge on any atom is -0.398 e. The number of amides is 1. The number of hydrogen-bond acceptors (Lipinski definition) is 6. The average molecular weight is 559 g/mol. The Morgan fingerprint density at radius 2 is 1.62 bits per heavy atom. The van der Waals surface area contributed by atoms with Crippen LogP contribution in [0.2, 0.25) is 0 Å². The molecule has 1 aliphatic heterocycles. The zero-order valence-corrected chi connectivity index (χ0v) is 23.7. The molecule has 3 heterocycles. The Morgan fingerprint density at radius 1 is 0.905 bits per heavy atom. The number of benzene rings is 3. The number of fused-ring (bicyclic) bond motifs is 1. The number of aromatic amines is 1. The van der Waals surface area contributed by atoms with Crippen LogP contribution in [-0.2, 0) is 17.6 Å². The van der Waals surface area contributed by atoms with E-state index in [1.54, 1.807) is 12.4 Å². The number of nitrogen functional groups attached to an aromatic ring is 1. The Kier molecular flexibility index (Phi) is 7.68. The highest BCUT2D eigenvalue weighted by molar-refractivity contribution is 5.98. The summed E-state index contributed by atoms with van der Waals surface area (Å²) in [6, 6.07) is 24.1. The van der Waals surface area contributed by atoms with Crippen molar-refractivity contribution in [2.75, 3.05) is 30.8 Å². The maximum absolute atomic E-state index is 13.1. The first kappa shape index (κ1) is 27.2. The fourth-order valence-electron chi connectivity index (χ4n) is 5.71. The van der Waals surface area contributed by atoms with Crippen LogP contribution in [0.4, 0.5) is 11.6 Å². The smallest absolute Gasteiger partial charge is 0.227 e. The fraction of sp³-hybridized carbons (Fsp3) is 0.235. The zero-order valence-electron chi connectivity index (χ0n) is 23.7. The number of carbonyl (C=O) groups is 2. The van der Waals surface area contributed by atoms with Gasteiger partial charge in [0.15, 0.2) is 5.78 Å². The van der Waals surface area contributed by atoms with Gasteiger partial charge in [-0.2, -0.15) is 0 Å². The van der Waals surface area contributed by atoms with Crippen molar-refractivity contribution in [2.24, 2.45) is 0 Å². The second-order valence-electron chi connectivity index (χ2n) is 10.9. The van der Waals surface area contributed by atoms with Crippen LogP contribution in [0.5, 0.6) is 0 Å². The number of nitrogens with two attached hydrogens (primary N) is 1. The molecule has 1 aliphatic rings. The van der Waals surface area contributed by atoms with Gasteiger partial charge in [-0.25, -0.2) is 9.97 Å². The number of anilines is 2. The summed E-state index contributed by atoms with van der Waals surface area (Å²) in [6.45, 7) is 1.38. The highest BCUT2D eigenvalue weighted by Crippen LogP contribution is 2.26. The van der Waals surface area contributed by atoms with E-state index in [1.807, 2.05) is 90.9 Å². The van der Waals surface area contributed by atoms with Crippen molar-refractivity contribution in [3.05, 3.63) is 108 Å². The number of carbonyl (C=O) groups excluding carboxylic acids is 2. The number of nitrogens with zero attached hydrogens (tertiary/aromatic N) is 4. The number of piperidine rings is 1. The fourth-order valence-corrected chi connectivity index (χ4v) is 5.71. The number of para-hydroxylation sites is 1. The molecule has 0 unspecified atom stereocenters. The van der Waals surface area contributed by atoms with Crippen LogP contribution < -0.4 is 10.6 Å². The van der Waals surface area contributed by atoms with Crippen molar-refractivity contribution in [1.29, 1.82) is 0 Å². The molecule has 42 heavy (non-hydrogen) atoms. The van der Waals surface area contributed by atoms with Crippen LogP contribution in [-0.4, -0.2) is 57.7 Å². The summed E-state index contributed by atoms with van der Waals surface area (Å²) in [5, 5.41) is 1.10. The third-order valence-corrected chi connectivity index (χ3v) is 8.26.